The number of nitrogens with zero attached hydrogens (tertiary/aromatic N) is 1. The number of benzene rings is 2. The summed E-state index contributed by atoms with van der Waals surface area (Å²) in [5.41, 5.74) is 15.6. The van der Waals surface area contributed by atoms with Gasteiger partial charge in [0, 0.05) is 16.7 Å². The quantitative estimate of drug-likeness (QED) is 0.114. The Morgan fingerprint density at radius 2 is 1.33 bits per heavy atom. The van der Waals surface area contributed by atoms with E-state index in [1.54, 1.807) is 12.1 Å². The molecule has 0 aliphatic rings. The van der Waals surface area contributed by atoms with Crippen molar-refractivity contribution in [2.24, 2.45) is 17.2 Å². The summed E-state index contributed by atoms with van der Waals surface area (Å²) < 4.78 is 37.3. The van der Waals surface area contributed by atoms with Gasteiger partial charge in [0.2, 0.25) is 11.8 Å². The minimum Gasteiger partial charge on any atom is -1.00 e. The van der Waals surface area contributed by atoms with Crippen LogP contribution in [0.15, 0.2) is 36.4 Å². The fraction of sp³-hybridized carbons (Fsp3) is 0.111. The van der Waals surface area contributed by atoms with Crippen molar-refractivity contribution >= 4 is 71.3 Å². The Labute approximate surface area is 252 Å². The fourth-order valence-corrected chi connectivity index (χ4v) is 2.16. The number of thiol groups is 1. The van der Waals surface area contributed by atoms with Crippen molar-refractivity contribution in [3.63, 3.8) is 0 Å². The number of primary amides is 2. The fourth-order valence-electron chi connectivity index (χ4n) is 2.05. The van der Waals surface area contributed by atoms with Crippen molar-refractivity contribution in [1.29, 1.82) is 0 Å². The second-order valence-electron chi connectivity index (χ2n) is 5.56. The largest absolute Gasteiger partial charge is 2.00 e. The molecule has 0 saturated carbocycles. The monoisotopic (exact) mass is 558 g/mol. The number of rotatable bonds is 3. The van der Waals surface area contributed by atoms with Crippen molar-refractivity contribution in [3.8, 4) is 0 Å². The Morgan fingerprint density at radius 3 is 1.70 bits per heavy atom. The van der Waals surface area contributed by atoms with Crippen LogP contribution in [0.25, 0.3) is 4.85 Å². The molecule has 15 heteroatoms. The van der Waals surface area contributed by atoms with E-state index in [2.05, 4.69) is 17.1 Å². The summed E-state index contributed by atoms with van der Waals surface area (Å²) in [6.07, 6.45) is -4.58. The summed E-state index contributed by atoms with van der Waals surface area (Å²) in [6, 6.07) is 7.41. The molecule has 0 radical (unpaired) electrons. The molecule has 0 heterocycles. The normalized spacial score (nSPS) is 8.70. The first-order chi connectivity index (χ1) is 12.8. The number of nitrogens with two attached hydrogens (primary N) is 3. The molecule has 2 aromatic rings. The Balaban J connectivity index is -0.000000141. The maximum atomic E-state index is 12.4. The van der Waals surface area contributed by atoms with Crippen LogP contribution in [0.5, 0.6) is 0 Å². The van der Waals surface area contributed by atoms with Crippen LogP contribution in [0.1, 0.15) is 37.4 Å². The van der Waals surface area contributed by atoms with Crippen LogP contribution in [0, 0.1) is 13.5 Å². The minimum absolute atomic E-state index is 0. The Bertz CT molecular complexity index is 977. The molecule has 0 saturated heterocycles. The summed E-state index contributed by atoms with van der Waals surface area (Å²) >= 11 is 4.55. The summed E-state index contributed by atoms with van der Waals surface area (Å²) in [7, 11) is 0. The molecule has 0 aromatic heterocycles. The van der Waals surface area contributed by atoms with Gasteiger partial charge in [0.25, 0.3) is 0 Å². The average molecular weight is 560 g/mol. The first-order valence-electron chi connectivity index (χ1n) is 7.46. The molecule has 2 amide bonds. The van der Waals surface area contributed by atoms with E-state index in [1.807, 2.05) is 6.92 Å². The zero-order chi connectivity index (χ0) is 21.6. The minimum atomic E-state index is -4.58. The Morgan fingerprint density at radius 1 is 0.909 bits per heavy atom. The van der Waals surface area contributed by atoms with Gasteiger partial charge in [-0.25, -0.2) is 4.85 Å². The van der Waals surface area contributed by atoms with Crippen LogP contribution in [0.4, 0.5) is 18.9 Å². The van der Waals surface area contributed by atoms with Gasteiger partial charge in [0.1, 0.15) is 4.99 Å². The molecule has 2 aromatic carbocycles. The van der Waals surface area contributed by atoms with E-state index < -0.39 is 23.6 Å². The molecule has 170 valence electrons. The smallest absolute Gasteiger partial charge is 1.00 e. The number of thiocarbonyl (C=S) groups is 1. The summed E-state index contributed by atoms with van der Waals surface area (Å²) in [6.45, 7) is 8.57. The molecule has 0 aliphatic heterocycles. The number of aryl methyl sites for hydroxylation is 1. The Kier molecular flexibility index (Phi) is 23.9. The van der Waals surface area contributed by atoms with E-state index in [0.717, 1.165) is 17.7 Å². The van der Waals surface area contributed by atoms with E-state index in [9.17, 15) is 22.8 Å². The maximum Gasteiger partial charge on any atom is 2.00 e. The van der Waals surface area contributed by atoms with Crippen LogP contribution in [0.3, 0.4) is 0 Å². The zero-order valence-electron chi connectivity index (χ0n) is 17.4. The summed E-state index contributed by atoms with van der Waals surface area (Å²) in [4.78, 5) is 24.6. The summed E-state index contributed by atoms with van der Waals surface area (Å²) in [5, 5.41) is 0. The summed E-state index contributed by atoms with van der Waals surface area (Å²) in [5.74, 6) is -1.47. The standard InChI is InChI=1S/C9H7F3N2OS.C9H8N2O.2ClH.Mg.Na.H2S/c10-9(11,12)6-2-4(7(13)15)1-5(3-6)8(14)16;1-6-3-7(9(10)12)5-8(4-6)11-2;;;;;/h1-3H,(H2,13,15)(H2,14,16);3-5H,1H3,(H2,10,12);2*1H;;;1H2/q;;;;+2;+1;/p-3. The van der Waals surface area contributed by atoms with E-state index in [0.29, 0.717) is 17.3 Å². The van der Waals surface area contributed by atoms with Crippen LogP contribution in [-0.4, -0.2) is 39.9 Å². The molecule has 6 nitrogen and oxygen atoms in total. The molecule has 2 rings (SSSR count). The number of hydrogen-bond donors (Lipinski definition) is 3. The van der Waals surface area contributed by atoms with Gasteiger partial charge in [-0.15, -0.1) is 0 Å². The van der Waals surface area contributed by atoms with Crippen molar-refractivity contribution in [2.45, 2.75) is 13.1 Å². The van der Waals surface area contributed by atoms with Crippen LogP contribution in [-0.2, 0) is 19.7 Å². The first kappa shape index (κ1) is 42.4. The van der Waals surface area contributed by atoms with Crippen molar-refractivity contribution in [2.75, 3.05) is 0 Å². The van der Waals surface area contributed by atoms with Gasteiger partial charge in [0.15, 0.2) is 5.69 Å². The number of carbonyl (C=O) groups excluding carboxylic acids is 2. The van der Waals surface area contributed by atoms with E-state index in [1.165, 1.54) is 6.07 Å². The van der Waals surface area contributed by atoms with Gasteiger partial charge in [-0.2, -0.15) is 13.2 Å². The molecular formula is C18H16Cl2F3MgN4NaO2S2. The molecule has 0 bridgehead atoms. The SMILES string of the molecule is NC(=O)c1cc(C(N)=S)cc(C(F)(F)F)c1.[C-]#[N+]c1cc(C)cc(C(N)=O)c1.[Cl-].[Cl-].[Mg+2].[Na+].[SH-]. The van der Waals surface area contributed by atoms with Gasteiger partial charge in [-0.3, -0.25) is 9.59 Å². The number of halogens is 5. The number of amides is 2. The third-order valence-electron chi connectivity index (χ3n) is 3.31. The maximum absolute atomic E-state index is 12.4. The average Bonchev–Trinajstić information content (AvgIpc) is 2.60. The molecule has 0 unspecified atom stereocenters. The predicted molar refractivity (Wildman–Crippen MR) is 116 cm³/mol. The molecule has 0 atom stereocenters. The van der Waals surface area contributed by atoms with Gasteiger partial charge >= 0.3 is 58.8 Å². The van der Waals surface area contributed by atoms with E-state index in [-0.39, 0.29) is 107 Å². The molecule has 33 heavy (non-hydrogen) atoms. The molecule has 0 spiro atoms. The van der Waals surface area contributed by atoms with E-state index >= 15 is 0 Å². The van der Waals surface area contributed by atoms with Crippen molar-refractivity contribution < 1.29 is 77.1 Å². The molecule has 0 aliphatic carbocycles. The van der Waals surface area contributed by atoms with Crippen LogP contribution in [0.2, 0.25) is 0 Å². The zero-order valence-corrected chi connectivity index (χ0v) is 24.0. The molecule has 0 fully saturated rings. The predicted octanol–water partition coefficient (Wildman–Crippen LogP) is -6.56. The van der Waals surface area contributed by atoms with Gasteiger partial charge < -0.3 is 55.5 Å². The molecule has 6 N–H and O–H groups in total. The topological polar surface area (TPSA) is 117 Å². The number of hydrogen-bond acceptors (Lipinski definition) is 4. The Hall–Kier alpha value is -0.754. The first-order valence-corrected chi connectivity index (χ1v) is 7.86. The van der Waals surface area contributed by atoms with Crippen molar-refractivity contribution in [1.82, 2.24) is 0 Å². The van der Waals surface area contributed by atoms with Crippen molar-refractivity contribution in [3.05, 3.63) is 75.6 Å². The van der Waals surface area contributed by atoms with Crippen LogP contribution < -0.4 is 71.6 Å². The van der Waals surface area contributed by atoms with Gasteiger partial charge in [-0.05, 0) is 37.3 Å². The second kappa shape index (κ2) is 18.6. The van der Waals surface area contributed by atoms with E-state index in [4.69, 9.17) is 23.8 Å². The number of alkyl halides is 3. The third kappa shape index (κ3) is 14.3. The van der Waals surface area contributed by atoms with Gasteiger partial charge in [0.05, 0.1) is 12.1 Å². The van der Waals surface area contributed by atoms with Crippen LogP contribution >= 0.6 is 12.2 Å². The third-order valence-corrected chi connectivity index (χ3v) is 3.54. The second-order valence-corrected chi connectivity index (χ2v) is 6.00. The molecular weight excluding hydrogens is 544 g/mol. The number of carbonyl (C=O) groups is 2. The van der Waals surface area contributed by atoms with Gasteiger partial charge in [-0.1, -0.05) is 23.8 Å².